The molecular formula is C5HF11O. The fourth-order valence-corrected chi connectivity index (χ4v) is 0.724. The van der Waals surface area contributed by atoms with Crippen LogP contribution in [0.2, 0.25) is 0 Å². The lowest BCUT2D eigenvalue weighted by molar-refractivity contribution is -0.456. The molecule has 0 atom stereocenters. The third kappa shape index (κ3) is 2.13. The number of hydrogen-bond donors (Lipinski definition) is 1. The molecule has 0 aromatic heterocycles. The molecule has 1 nitrogen and oxygen atoms in total. The van der Waals surface area contributed by atoms with Gasteiger partial charge in [0.2, 0.25) is 0 Å². The third-order valence-corrected chi connectivity index (χ3v) is 1.59. The number of alkyl halides is 11. The maximum atomic E-state index is 12.4. The first-order chi connectivity index (χ1) is 7.00. The second-order valence-corrected chi connectivity index (χ2v) is 2.77. The molecule has 0 aromatic rings. The highest BCUT2D eigenvalue weighted by Crippen LogP contribution is 2.58. The normalized spacial score (nSPS) is 16.2. The van der Waals surface area contributed by atoms with Crippen molar-refractivity contribution >= 4 is 0 Å². The molecule has 0 aliphatic carbocycles. The first-order valence-corrected chi connectivity index (χ1v) is 3.30. The molecule has 17 heavy (non-hydrogen) atoms. The average Bonchev–Trinajstić information content (AvgIpc) is 1.95. The predicted octanol–water partition coefficient (Wildman–Crippen LogP) is 3.04. The molecule has 0 aromatic carbocycles. The van der Waals surface area contributed by atoms with Crippen LogP contribution in [0.25, 0.3) is 0 Å². The van der Waals surface area contributed by atoms with Crippen LogP contribution >= 0.6 is 0 Å². The lowest BCUT2D eigenvalue weighted by atomic mass is 9.95. The minimum absolute atomic E-state index is 6.85. The third-order valence-electron chi connectivity index (χ3n) is 1.59. The molecule has 0 fully saturated rings. The average molecular weight is 286 g/mol. The number of hydrogen-bond acceptors (Lipinski definition) is 1. The van der Waals surface area contributed by atoms with Crippen molar-refractivity contribution in [3.8, 4) is 0 Å². The van der Waals surface area contributed by atoms with Crippen LogP contribution in [-0.2, 0) is 0 Å². The van der Waals surface area contributed by atoms with E-state index < -0.39 is 30.1 Å². The summed E-state index contributed by atoms with van der Waals surface area (Å²) in [5.41, 5.74) is -7.58. The summed E-state index contributed by atoms with van der Waals surface area (Å²) in [6.45, 7) is 0. The highest BCUT2D eigenvalue weighted by Gasteiger charge is 2.90. The predicted molar refractivity (Wildman–Crippen MR) is 28.1 cm³/mol. The summed E-state index contributed by atoms with van der Waals surface area (Å²) in [5, 5.41) is 7.28. The second-order valence-electron chi connectivity index (χ2n) is 2.77. The van der Waals surface area contributed by atoms with Crippen LogP contribution in [0.3, 0.4) is 0 Å². The van der Waals surface area contributed by atoms with E-state index in [-0.39, 0.29) is 0 Å². The summed E-state index contributed by atoms with van der Waals surface area (Å²) in [5.74, 6) is -7.43. The molecule has 12 heteroatoms. The van der Waals surface area contributed by atoms with Crippen LogP contribution in [0.1, 0.15) is 0 Å². The number of aliphatic hydroxyl groups is 1. The van der Waals surface area contributed by atoms with Gasteiger partial charge in [-0.3, -0.25) is 0 Å². The van der Waals surface area contributed by atoms with E-state index in [2.05, 4.69) is 0 Å². The van der Waals surface area contributed by atoms with Crippen LogP contribution < -0.4 is 0 Å². The summed E-state index contributed by atoms with van der Waals surface area (Å²) in [7, 11) is 0. The van der Waals surface area contributed by atoms with Gasteiger partial charge in [0.15, 0.2) is 0 Å². The Hall–Kier alpha value is -0.810. The van der Waals surface area contributed by atoms with E-state index in [0.29, 0.717) is 0 Å². The summed E-state index contributed by atoms with van der Waals surface area (Å²) < 4.78 is 130. The van der Waals surface area contributed by atoms with Crippen LogP contribution in [0.15, 0.2) is 0 Å². The van der Waals surface area contributed by atoms with Crippen molar-refractivity contribution in [1.82, 2.24) is 0 Å². The van der Waals surface area contributed by atoms with Gasteiger partial charge in [0.05, 0.1) is 0 Å². The first-order valence-electron chi connectivity index (χ1n) is 3.30. The van der Waals surface area contributed by atoms with Gasteiger partial charge in [0, 0.05) is 0 Å². The van der Waals surface area contributed by atoms with Crippen LogP contribution in [-0.4, -0.2) is 35.2 Å². The van der Waals surface area contributed by atoms with Gasteiger partial charge >= 0.3 is 30.1 Å². The molecule has 104 valence electrons. The smallest absolute Gasteiger partial charge is 0.331 e. The van der Waals surface area contributed by atoms with Gasteiger partial charge in [-0.15, -0.1) is 0 Å². The Morgan fingerprint density at radius 3 is 0.824 bits per heavy atom. The molecule has 0 aliphatic rings. The Balaban J connectivity index is 6.04. The molecule has 0 bridgehead atoms. The first kappa shape index (κ1) is 16.2. The van der Waals surface area contributed by atoms with E-state index in [9.17, 15) is 48.3 Å². The summed E-state index contributed by atoms with van der Waals surface area (Å²) in [4.78, 5) is 0. The fraction of sp³-hybridized carbons (Fsp3) is 1.00. The van der Waals surface area contributed by atoms with E-state index >= 15 is 0 Å². The highest BCUT2D eigenvalue weighted by molar-refractivity contribution is 5.08. The standard InChI is InChI=1S/C5HF11O/c6-1(3(9,10)11,4(12,13)14)2(7,8)5(15,16)17/h17H. The Kier molecular flexibility index (Phi) is 3.42. The molecule has 0 radical (unpaired) electrons. The monoisotopic (exact) mass is 286 g/mol. The number of halogens is 11. The zero-order chi connectivity index (χ0) is 14.5. The summed E-state index contributed by atoms with van der Waals surface area (Å²) in [6.07, 6.45) is -21.7. The highest BCUT2D eigenvalue weighted by atomic mass is 19.4. The Morgan fingerprint density at radius 2 is 0.765 bits per heavy atom. The van der Waals surface area contributed by atoms with Gasteiger partial charge in [-0.25, -0.2) is 4.39 Å². The molecule has 0 saturated heterocycles. The van der Waals surface area contributed by atoms with Gasteiger partial charge in [0.1, 0.15) is 0 Å². The molecule has 0 saturated carbocycles. The Bertz CT molecular complexity index is 266. The Morgan fingerprint density at radius 1 is 0.529 bits per heavy atom. The maximum absolute atomic E-state index is 12.4. The van der Waals surface area contributed by atoms with Crippen LogP contribution in [0, 0.1) is 0 Å². The summed E-state index contributed by atoms with van der Waals surface area (Å²) >= 11 is 0. The lowest BCUT2D eigenvalue weighted by Gasteiger charge is -2.37. The maximum Gasteiger partial charge on any atom is 0.438 e. The van der Waals surface area contributed by atoms with Crippen LogP contribution in [0.4, 0.5) is 48.3 Å². The molecule has 0 amide bonds. The van der Waals surface area contributed by atoms with Crippen molar-refractivity contribution in [3.63, 3.8) is 0 Å². The summed E-state index contributed by atoms with van der Waals surface area (Å²) in [6, 6.07) is 0. The molecule has 0 unspecified atom stereocenters. The van der Waals surface area contributed by atoms with E-state index in [1.54, 1.807) is 0 Å². The van der Waals surface area contributed by atoms with Crippen molar-refractivity contribution < 1.29 is 53.4 Å². The fourth-order valence-electron chi connectivity index (χ4n) is 0.724. The van der Waals surface area contributed by atoms with Gasteiger partial charge < -0.3 is 5.11 Å². The van der Waals surface area contributed by atoms with Gasteiger partial charge in [-0.05, 0) is 0 Å². The number of rotatable bonds is 2. The van der Waals surface area contributed by atoms with E-state index in [1.165, 1.54) is 0 Å². The quantitative estimate of drug-likeness (QED) is 0.774. The molecule has 1 N–H and O–H groups in total. The van der Waals surface area contributed by atoms with E-state index in [0.717, 1.165) is 0 Å². The van der Waals surface area contributed by atoms with Crippen molar-refractivity contribution in [2.45, 2.75) is 30.1 Å². The molecular weight excluding hydrogens is 285 g/mol. The minimum atomic E-state index is -7.58. The largest absolute Gasteiger partial charge is 0.438 e. The Labute approximate surface area is 84.8 Å². The van der Waals surface area contributed by atoms with E-state index in [1.807, 2.05) is 0 Å². The second kappa shape index (κ2) is 3.59. The lowest BCUT2D eigenvalue weighted by Crippen LogP contribution is -2.70. The molecule has 0 aliphatic heterocycles. The van der Waals surface area contributed by atoms with Crippen molar-refractivity contribution in [1.29, 1.82) is 0 Å². The topological polar surface area (TPSA) is 20.2 Å². The minimum Gasteiger partial charge on any atom is -0.331 e. The SMILES string of the molecule is OC(F)(F)C(F)(F)C(F)(C(F)(F)F)C(F)(F)F. The molecule has 0 rings (SSSR count). The van der Waals surface area contributed by atoms with Gasteiger partial charge in [0.25, 0.3) is 0 Å². The molecule has 0 heterocycles. The zero-order valence-corrected chi connectivity index (χ0v) is 7.10. The molecule has 0 spiro atoms. The van der Waals surface area contributed by atoms with Gasteiger partial charge in [-0.2, -0.15) is 43.9 Å². The zero-order valence-electron chi connectivity index (χ0n) is 7.10. The van der Waals surface area contributed by atoms with Crippen LogP contribution in [0.5, 0.6) is 0 Å². The van der Waals surface area contributed by atoms with E-state index in [4.69, 9.17) is 5.11 Å². The van der Waals surface area contributed by atoms with Gasteiger partial charge in [-0.1, -0.05) is 0 Å². The van der Waals surface area contributed by atoms with Crippen molar-refractivity contribution in [2.75, 3.05) is 0 Å². The van der Waals surface area contributed by atoms with Crippen molar-refractivity contribution in [3.05, 3.63) is 0 Å². The van der Waals surface area contributed by atoms with Crippen molar-refractivity contribution in [2.24, 2.45) is 0 Å².